The van der Waals surface area contributed by atoms with Gasteiger partial charge in [-0.15, -0.1) is 0 Å². The first-order chi connectivity index (χ1) is 16.8. The maximum absolute atomic E-state index is 14.0. The highest BCUT2D eigenvalue weighted by Crippen LogP contribution is 2.33. The van der Waals surface area contributed by atoms with E-state index in [0.29, 0.717) is 28.9 Å². The average Bonchev–Trinajstić information content (AvgIpc) is 3.43. The van der Waals surface area contributed by atoms with Gasteiger partial charge in [0.2, 0.25) is 11.6 Å². The predicted octanol–water partition coefficient (Wildman–Crippen LogP) is 2.89. The molecule has 12 heteroatoms. The van der Waals surface area contributed by atoms with Gasteiger partial charge in [0.1, 0.15) is 29.0 Å². The Morgan fingerprint density at radius 2 is 2.14 bits per heavy atom. The van der Waals surface area contributed by atoms with Crippen molar-refractivity contribution in [3.8, 4) is 23.3 Å². The Bertz CT molecular complexity index is 1440. The molecule has 0 aliphatic rings. The number of aryl methyl sites for hydroxylation is 2. The highest BCUT2D eigenvalue weighted by atomic mass is 19.1. The summed E-state index contributed by atoms with van der Waals surface area (Å²) in [4.78, 5) is 20.9. The van der Waals surface area contributed by atoms with Crippen molar-refractivity contribution in [3.63, 3.8) is 0 Å². The lowest BCUT2D eigenvalue weighted by molar-refractivity contribution is 0.0915. The zero-order chi connectivity index (χ0) is 25.1. The molecule has 0 aliphatic heterocycles. The number of ether oxygens (including phenoxy) is 1. The van der Waals surface area contributed by atoms with Crippen molar-refractivity contribution in [2.75, 3.05) is 13.7 Å². The molecule has 0 aliphatic carbocycles. The number of halogens is 2. The normalized spacial score (nSPS) is 11.7. The summed E-state index contributed by atoms with van der Waals surface area (Å²) in [5.41, 5.74) is 1.78. The first-order valence-electron chi connectivity index (χ1n) is 10.3. The molecule has 35 heavy (non-hydrogen) atoms. The Balaban J connectivity index is 1.62. The summed E-state index contributed by atoms with van der Waals surface area (Å²) in [5, 5.41) is 20.1. The standard InChI is InChI=1S/C23H19F2N7O3/c1-12-20(23(34-3)32(2)30-12)15(17-6-4-5-14(9-26)29-17)11-28-22(33)19-8-18(31-35-19)21-16(25)7-13(24)10-27-21/h4-8,10,15H,11H2,1-3H3,(H,28,33). The molecule has 178 valence electrons. The number of carbonyl (C=O) groups excluding carboxylic acids is 1. The van der Waals surface area contributed by atoms with E-state index in [1.165, 1.54) is 13.2 Å². The monoisotopic (exact) mass is 479 g/mol. The Morgan fingerprint density at radius 1 is 1.34 bits per heavy atom. The number of hydrogen-bond acceptors (Lipinski definition) is 8. The van der Waals surface area contributed by atoms with E-state index in [-0.39, 0.29) is 29.4 Å². The van der Waals surface area contributed by atoms with Crippen LogP contribution in [0.2, 0.25) is 0 Å². The maximum atomic E-state index is 14.0. The SMILES string of the molecule is COc1c(C(CNC(=O)c2cc(-c3ncc(F)cc3F)no2)c2cccc(C#N)n2)c(C)nn1C. The molecular weight excluding hydrogens is 460 g/mol. The highest BCUT2D eigenvalue weighted by Gasteiger charge is 2.28. The van der Waals surface area contributed by atoms with Crippen LogP contribution >= 0.6 is 0 Å². The fourth-order valence-corrected chi connectivity index (χ4v) is 3.74. The zero-order valence-electron chi connectivity index (χ0n) is 18.9. The smallest absolute Gasteiger partial charge is 0.289 e. The molecule has 0 fully saturated rings. The van der Waals surface area contributed by atoms with Gasteiger partial charge in [0, 0.05) is 31.3 Å². The number of aromatic nitrogens is 5. The van der Waals surface area contributed by atoms with Gasteiger partial charge in [-0.2, -0.15) is 10.4 Å². The fraction of sp³-hybridized carbons (Fsp3) is 0.217. The summed E-state index contributed by atoms with van der Waals surface area (Å²) in [6, 6.07) is 8.88. The van der Waals surface area contributed by atoms with Crippen LogP contribution < -0.4 is 10.1 Å². The van der Waals surface area contributed by atoms with Gasteiger partial charge in [-0.1, -0.05) is 11.2 Å². The third kappa shape index (κ3) is 4.70. The number of pyridine rings is 2. The molecule has 0 spiro atoms. The number of amides is 1. The number of hydrogen-bond donors (Lipinski definition) is 1. The number of rotatable bonds is 7. The third-order valence-electron chi connectivity index (χ3n) is 5.25. The van der Waals surface area contributed by atoms with Gasteiger partial charge < -0.3 is 14.6 Å². The summed E-state index contributed by atoms with van der Waals surface area (Å²) in [5.74, 6) is -2.65. The summed E-state index contributed by atoms with van der Waals surface area (Å²) >= 11 is 0. The largest absolute Gasteiger partial charge is 0.481 e. The van der Waals surface area contributed by atoms with Crippen LogP contribution in [-0.4, -0.2) is 44.5 Å². The van der Waals surface area contributed by atoms with Crippen LogP contribution in [0.3, 0.4) is 0 Å². The van der Waals surface area contributed by atoms with Crippen molar-refractivity contribution in [1.82, 2.24) is 30.2 Å². The molecule has 4 aromatic heterocycles. The zero-order valence-corrected chi connectivity index (χ0v) is 18.9. The first-order valence-corrected chi connectivity index (χ1v) is 10.3. The Kier molecular flexibility index (Phi) is 6.50. The van der Waals surface area contributed by atoms with Crippen LogP contribution in [0.1, 0.15) is 39.1 Å². The van der Waals surface area contributed by atoms with E-state index in [9.17, 15) is 18.8 Å². The Labute approximate surface area is 198 Å². The molecule has 1 atom stereocenters. The minimum Gasteiger partial charge on any atom is -0.481 e. The van der Waals surface area contributed by atoms with Crippen LogP contribution in [0, 0.1) is 29.9 Å². The molecule has 0 bridgehead atoms. The second-order valence-corrected chi connectivity index (χ2v) is 7.51. The van der Waals surface area contributed by atoms with Crippen molar-refractivity contribution in [2.45, 2.75) is 12.8 Å². The molecule has 0 saturated carbocycles. The lowest BCUT2D eigenvalue weighted by Gasteiger charge is -2.18. The van der Waals surface area contributed by atoms with Crippen molar-refractivity contribution >= 4 is 5.91 Å². The van der Waals surface area contributed by atoms with Gasteiger partial charge in [0.25, 0.3) is 5.91 Å². The van der Waals surface area contributed by atoms with Gasteiger partial charge >= 0.3 is 0 Å². The van der Waals surface area contributed by atoms with Crippen molar-refractivity contribution in [1.29, 1.82) is 5.26 Å². The molecule has 10 nitrogen and oxygen atoms in total. The van der Waals surface area contributed by atoms with Gasteiger partial charge in [0.15, 0.2) is 5.82 Å². The van der Waals surface area contributed by atoms with Gasteiger partial charge in [0.05, 0.1) is 30.6 Å². The highest BCUT2D eigenvalue weighted by molar-refractivity contribution is 5.92. The quantitative estimate of drug-likeness (QED) is 0.428. The van der Waals surface area contributed by atoms with Crippen LogP contribution in [0.25, 0.3) is 11.4 Å². The summed E-state index contributed by atoms with van der Waals surface area (Å²) in [7, 11) is 3.23. The molecule has 0 aromatic carbocycles. The molecule has 1 unspecified atom stereocenters. The van der Waals surface area contributed by atoms with Crippen LogP contribution in [0.4, 0.5) is 8.78 Å². The van der Waals surface area contributed by atoms with Gasteiger partial charge in [-0.3, -0.25) is 4.79 Å². The second-order valence-electron chi connectivity index (χ2n) is 7.51. The predicted molar refractivity (Wildman–Crippen MR) is 117 cm³/mol. The molecular formula is C23H19F2N7O3. The summed E-state index contributed by atoms with van der Waals surface area (Å²) in [6.07, 6.45) is 0.837. The number of carbonyl (C=O) groups is 1. The van der Waals surface area contributed by atoms with Crippen LogP contribution in [0.5, 0.6) is 5.88 Å². The number of nitrogens with zero attached hydrogens (tertiary/aromatic N) is 6. The van der Waals surface area contributed by atoms with E-state index in [1.807, 2.05) is 6.07 Å². The van der Waals surface area contributed by atoms with Gasteiger partial charge in [-0.05, 0) is 19.1 Å². The first kappa shape index (κ1) is 23.5. The number of nitrogens with one attached hydrogen (secondary N) is 1. The average molecular weight is 479 g/mol. The van der Waals surface area contributed by atoms with E-state index in [2.05, 4.69) is 25.5 Å². The van der Waals surface area contributed by atoms with Crippen LogP contribution in [-0.2, 0) is 7.05 Å². The maximum Gasteiger partial charge on any atom is 0.289 e. The Morgan fingerprint density at radius 3 is 2.86 bits per heavy atom. The fourth-order valence-electron chi connectivity index (χ4n) is 3.74. The number of methoxy groups -OCH3 is 1. The van der Waals surface area contributed by atoms with Gasteiger partial charge in [-0.25, -0.2) is 23.4 Å². The Hall–Kier alpha value is -4.66. The molecule has 0 saturated heterocycles. The molecule has 0 radical (unpaired) electrons. The topological polar surface area (TPSA) is 132 Å². The van der Waals surface area contributed by atoms with Crippen molar-refractivity contribution in [2.24, 2.45) is 7.05 Å². The number of nitriles is 1. The molecule has 4 heterocycles. The van der Waals surface area contributed by atoms with Crippen molar-refractivity contribution < 1.29 is 22.8 Å². The van der Waals surface area contributed by atoms with Crippen LogP contribution in [0.15, 0.2) is 41.1 Å². The second kappa shape index (κ2) is 9.68. The lowest BCUT2D eigenvalue weighted by Crippen LogP contribution is -2.29. The minimum atomic E-state index is -0.937. The lowest BCUT2D eigenvalue weighted by atomic mass is 9.94. The van der Waals surface area contributed by atoms with E-state index in [4.69, 9.17) is 9.26 Å². The summed E-state index contributed by atoms with van der Waals surface area (Å²) in [6.45, 7) is 1.84. The molecule has 4 aromatic rings. The molecule has 1 amide bonds. The molecule has 4 rings (SSSR count). The van der Waals surface area contributed by atoms with E-state index in [1.54, 1.807) is 36.9 Å². The minimum absolute atomic E-state index is 0.0444. The molecule has 1 N–H and O–H groups in total. The van der Waals surface area contributed by atoms with Crippen molar-refractivity contribution in [3.05, 3.63) is 76.6 Å². The van der Waals surface area contributed by atoms with E-state index in [0.717, 1.165) is 6.20 Å². The summed E-state index contributed by atoms with van der Waals surface area (Å²) < 4.78 is 39.3. The third-order valence-corrected chi connectivity index (χ3v) is 5.25. The van der Waals surface area contributed by atoms with E-state index >= 15 is 0 Å². The van der Waals surface area contributed by atoms with E-state index < -0.39 is 23.5 Å².